The molecular weight excluding hydrogens is 270 g/mol. The van der Waals surface area contributed by atoms with Crippen molar-refractivity contribution in [2.75, 3.05) is 13.1 Å². The smallest absolute Gasteiger partial charge is 0.251 e. The zero-order valence-electron chi connectivity index (χ0n) is 11.8. The van der Waals surface area contributed by atoms with Crippen molar-refractivity contribution in [3.8, 4) is 0 Å². The second-order valence-electron chi connectivity index (χ2n) is 4.66. The monoisotopic (exact) mass is 289 g/mol. The molecular formula is C15H19N3OS. The number of nitrogens with zero attached hydrogens (tertiary/aromatic N) is 1. The molecule has 2 aromatic rings. The highest BCUT2D eigenvalue weighted by atomic mass is 32.1. The number of carbonyl (C=O) groups excluding carboxylic acids is 1. The summed E-state index contributed by atoms with van der Waals surface area (Å²) in [4.78, 5) is 16.2. The molecule has 1 aromatic carbocycles. The van der Waals surface area contributed by atoms with Gasteiger partial charge in [-0.3, -0.25) is 4.79 Å². The van der Waals surface area contributed by atoms with E-state index in [-0.39, 0.29) is 5.91 Å². The third-order valence-corrected chi connectivity index (χ3v) is 3.70. The summed E-state index contributed by atoms with van der Waals surface area (Å²) in [7, 11) is 0. The minimum atomic E-state index is -0.0312. The van der Waals surface area contributed by atoms with Gasteiger partial charge in [-0.2, -0.15) is 0 Å². The predicted octanol–water partition coefficient (Wildman–Crippen LogP) is 2.28. The zero-order valence-corrected chi connectivity index (χ0v) is 12.6. The van der Waals surface area contributed by atoms with Crippen LogP contribution in [0.25, 0.3) is 0 Å². The van der Waals surface area contributed by atoms with Crippen LogP contribution in [0.4, 0.5) is 0 Å². The van der Waals surface area contributed by atoms with E-state index in [9.17, 15) is 4.79 Å². The lowest BCUT2D eigenvalue weighted by Crippen LogP contribution is -2.31. The van der Waals surface area contributed by atoms with Crippen molar-refractivity contribution < 1.29 is 4.79 Å². The Hall–Kier alpha value is -1.72. The molecule has 0 fully saturated rings. The lowest BCUT2D eigenvalue weighted by Gasteiger charge is -2.06. The SMILES string of the molecule is Cc1ccc(C(=O)NCCNCc2csc(C)n2)cc1. The number of aryl methyl sites for hydroxylation is 2. The third kappa shape index (κ3) is 4.43. The van der Waals surface area contributed by atoms with E-state index >= 15 is 0 Å². The van der Waals surface area contributed by atoms with E-state index in [4.69, 9.17) is 0 Å². The van der Waals surface area contributed by atoms with Crippen molar-refractivity contribution in [2.45, 2.75) is 20.4 Å². The van der Waals surface area contributed by atoms with E-state index in [0.717, 1.165) is 29.4 Å². The van der Waals surface area contributed by atoms with Crippen LogP contribution in [0.2, 0.25) is 0 Å². The van der Waals surface area contributed by atoms with Gasteiger partial charge in [-0.1, -0.05) is 17.7 Å². The van der Waals surface area contributed by atoms with Crippen molar-refractivity contribution >= 4 is 17.2 Å². The van der Waals surface area contributed by atoms with Gasteiger partial charge in [0.05, 0.1) is 10.7 Å². The molecule has 2 rings (SSSR count). The summed E-state index contributed by atoms with van der Waals surface area (Å²) in [5.41, 5.74) is 2.91. The van der Waals surface area contributed by atoms with E-state index in [1.54, 1.807) is 11.3 Å². The summed E-state index contributed by atoms with van der Waals surface area (Å²) in [5.74, 6) is -0.0312. The van der Waals surface area contributed by atoms with Crippen molar-refractivity contribution in [1.82, 2.24) is 15.6 Å². The first kappa shape index (κ1) is 14.7. The second-order valence-corrected chi connectivity index (χ2v) is 5.72. The van der Waals surface area contributed by atoms with Crippen LogP contribution < -0.4 is 10.6 Å². The second kappa shape index (κ2) is 7.17. The molecule has 1 aromatic heterocycles. The Labute approximate surface area is 123 Å². The van der Waals surface area contributed by atoms with Gasteiger partial charge in [-0.15, -0.1) is 11.3 Å². The molecule has 0 atom stereocenters. The van der Waals surface area contributed by atoms with Gasteiger partial charge in [0.1, 0.15) is 0 Å². The van der Waals surface area contributed by atoms with Crippen LogP contribution >= 0.6 is 11.3 Å². The number of rotatable bonds is 6. The minimum absolute atomic E-state index is 0.0312. The van der Waals surface area contributed by atoms with Crippen LogP contribution in [0, 0.1) is 13.8 Å². The summed E-state index contributed by atoms with van der Waals surface area (Å²) in [6.45, 7) is 6.08. The largest absolute Gasteiger partial charge is 0.351 e. The molecule has 0 aliphatic rings. The number of aromatic nitrogens is 1. The molecule has 20 heavy (non-hydrogen) atoms. The van der Waals surface area contributed by atoms with Crippen LogP contribution in [-0.2, 0) is 6.54 Å². The van der Waals surface area contributed by atoms with Gasteiger partial charge in [0.2, 0.25) is 0 Å². The number of carbonyl (C=O) groups is 1. The van der Waals surface area contributed by atoms with Crippen LogP contribution in [0.5, 0.6) is 0 Å². The lowest BCUT2D eigenvalue weighted by atomic mass is 10.1. The number of hydrogen-bond acceptors (Lipinski definition) is 4. The summed E-state index contributed by atoms with van der Waals surface area (Å²) in [6, 6.07) is 7.57. The predicted molar refractivity (Wildman–Crippen MR) is 82.1 cm³/mol. The standard InChI is InChI=1S/C15H19N3OS/c1-11-3-5-13(6-4-11)15(19)17-8-7-16-9-14-10-20-12(2)18-14/h3-6,10,16H,7-9H2,1-2H3,(H,17,19). The van der Waals surface area contributed by atoms with Crippen molar-refractivity contribution in [2.24, 2.45) is 0 Å². The number of hydrogen-bond donors (Lipinski definition) is 2. The van der Waals surface area contributed by atoms with Crippen molar-refractivity contribution in [3.63, 3.8) is 0 Å². The Kier molecular flexibility index (Phi) is 5.26. The Balaban J connectivity index is 1.65. The van der Waals surface area contributed by atoms with E-state index in [2.05, 4.69) is 15.6 Å². The Bertz CT molecular complexity index is 563. The molecule has 2 N–H and O–H groups in total. The quantitative estimate of drug-likeness (QED) is 0.802. The molecule has 1 heterocycles. The minimum Gasteiger partial charge on any atom is -0.351 e. The van der Waals surface area contributed by atoms with E-state index in [1.807, 2.05) is 43.5 Å². The molecule has 0 aliphatic heterocycles. The summed E-state index contributed by atoms with van der Waals surface area (Å²) in [6.07, 6.45) is 0. The molecule has 4 nitrogen and oxygen atoms in total. The normalized spacial score (nSPS) is 10.5. The maximum atomic E-state index is 11.8. The van der Waals surface area contributed by atoms with Gasteiger partial charge >= 0.3 is 0 Å². The Morgan fingerprint density at radius 1 is 1.20 bits per heavy atom. The maximum Gasteiger partial charge on any atom is 0.251 e. The van der Waals surface area contributed by atoms with Gasteiger partial charge in [-0.25, -0.2) is 4.98 Å². The number of thiazole rings is 1. The number of nitrogens with one attached hydrogen (secondary N) is 2. The molecule has 5 heteroatoms. The Morgan fingerprint density at radius 3 is 2.60 bits per heavy atom. The average Bonchev–Trinajstić information content (AvgIpc) is 2.84. The fourth-order valence-electron chi connectivity index (χ4n) is 1.78. The van der Waals surface area contributed by atoms with Crippen molar-refractivity contribution in [1.29, 1.82) is 0 Å². The lowest BCUT2D eigenvalue weighted by molar-refractivity contribution is 0.0954. The fraction of sp³-hybridized carbons (Fsp3) is 0.333. The summed E-state index contributed by atoms with van der Waals surface area (Å²) >= 11 is 1.65. The number of benzene rings is 1. The van der Waals surface area contributed by atoms with Gasteiger partial charge in [-0.05, 0) is 26.0 Å². The van der Waals surface area contributed by atoms with Gasteiger partial charge in [0, 0.05) is 30.6 Å². The van der Waals surface area contributed by atoms with E-state index in [0.29, 0.717) is 12.1 Å². The van der Waals surface area contributed by atoms with Gasteiger partial charge in [0.25, 0.3) is 5.91 Å². The maximum absolute atomic E-state index is 11.8. The van der Waals surface area contributed by atoms with E-state index in [1.165, 1.54) is 0 Å². The van der Waals surface area contributed by atoms with Crippen LogP contribution in [0.3, 0.4) is 0 Å². The molecule has 0 saturated heterocycles. The van der Waals surface area contributed by atoms with Crippen molar-refractivity contribution in [3.05, 3.63) is 51.5 Å². The van der Waals surface area contributed by atoms with Gasteiger partial charge in [0.15, 0.2) is 0 Å². The topological polar surface area (TPSA) is 54.0 Å². The summed E-state index contributed by atoms with van der Waals surface area (Å²) < 4.78 is 0. The fourth-order valence-corrected chi connectivity index (χ4v) is 2.39. The Morgan fingerprint density at radius 2 is 1.95 bits per heavy atom. The first-order valence-corrected chi connectivity index (χ1v) is 7.50. The summed E-state index contributed by atoms with van der Waals surface area (Å²) in [5, 5.41) is 9.28. The molecule has 1 amide bonds. The van der Waals surface area contributed by atoms with Gasteiger partial charge < -0.3 is 10.6 Å². The van der Waals surface area contributed by atoms with Crippen LogP contribution in [-0.4, -0.2) is 24.0 Å². The highest BCUT2D eigenvalue weighted by Crippen LogP contribution is 2.07. The first-order valence-electron chi connectivity index (χ1n) is 6.62. The molecule has 106 valence electrons. The van der Waals surface area contributed by atoms with Crippen LogP contribution in [0.1, 0.15) is 26.6 Å². The molecule has 0 spiro atoms. The van der Waals surface area contributed by atoms with E-state index < -0.39 is 0 Å². The zero-order chi connectivity index (χ0) is 14.4. The van der Waals surface area contributed by atoms with Crippen LogP contribution in [0.15, 0.2) is 29.6 Å². The molecule has 0 unspecified atom stereocenters. The molecule has 0 saturated carbocycles. The molecule has 0 radical (unpaired) electrons. The third-order valence-electron chi connectivity index (χ3n) is 2.87. The highest BCUT2D eigenvalue weighted by Gasteiger charge is 2.03. The highest BCUT2D eigenvalue weighted by molar-refractivity contribution is 7.09. The average molecular weight is 289 g/mol. The number of amides is 1. The molecule has 0 aliphatic carbocycles. The molecule has 0 bridgehead atoms. The first-order chi connectivity index (χ1) is 9.65.